The fraction of sp³-hybridized carbons (Fsp3) is 0.379. The van der Waals surface area contributed by atoms with E-state index < -0.39 is 5.54 Å². The second-order valence-corrected chi connectivity index (χ2v) is 10.2. The van der Waals surface area contributed by atoms with E-state index in [0.29, 0.717) is 5.92 Å². The smallest absolute Gasteiger partial charge is 0.247 e. The van der Waals surface area contributed by atoms with Crippen LogP contribution in [0.1, 0.15) is 50.3 Å². The predicted octanol–water partition coefficient (Wildman–Crippen LogP) is 4.92. The Labute approximate surface area is 217 Å². The highest BCUT2D eigenvalue weighted by molar-refractivity contribution is 5.84. The fourth-order valence-corrected chi connectivity index (χ4v) is 4.71. The number of carbonyl (C=O) groups is 1. The number of nitrogens with zero attached hydrogens (tertiary/aromatic N) is 4. The molecule has 0 saturated heterocycles. The molecule has 0 aliphatic heterocycles. The van der Waals surface area contributed by atoms with Gasteiger partial charge in [0, 0.05) is 37.0 Å². The number of fused-ring (bicyclic) bond motifs is 1. The van der Waals surface area contributed by atoms with Crippen molar-refractivity contribution in [1.29, 1.82) is 0 Å². The number of carbonyl (C=O) groups excluding carboxylic acids is 1. The Kier molecular flexibility index (Phi) is 6.58. The van der Waals surface area contributed by atoms with Crippen molar-refractivity contribution in [1.82, 2.24) is 25.1 Å². The zero-order valence-electron chi connectivity index (χ0n) is 22.0. The predicted molar refractivity (Wildman–Crippen MR) is 143 cm³/mol. The monoisotopic (exact) mass is 499 g/mol. The van der Waals surface area contributed by atoms with E-state index in [0.717, 1.165) is 51.3 Å². The number of hydrogen-bond donors (Lipinski definition) is 1. The van der Waals surface area contributed by atoms with Crippen molar-refractivity contribution in [2.45, 2.75) is 44.6 Å². The number of benzene rings is 2. The summed E-state index contributed by atoms with van der Waals surface area (Å²) in [5, 5.41) is 7.17. The molecule has 1 fully saturated rings. The van der Waals surface area contributed by atoms with Crippen molar-refractivity contribution in [2.75, 3.05) is 21.3 Å². The van der Waals surface area contributed by atoms with Gasteiger partial charge in [-0.2, -0.15) is 5.10 Å². The molecule has 2 heterocycles. The van der Waals surface area contributed by atoms with E-state index in [9.17, 15) is 4.79 Å². The molecule has 1 aliphatic rings. The minimum atomic E-state index is -0.801. The Balaban J connectivity index is 1.52. The van der Waals surface area contributed by atoms with Gasteiger partial charge < -0.3 is 14.8 Å². The lowest BCUT2D eigenvalue weighted by Gasteiger charge is -2.23. The highest BCUT2D eigenvalue weighted by atomic mass is 16.5. The molecule has 2 aromatic heterocycles. The maximum atomic E-state index is 12.3. The number of methoxy groups -OCH3 is 2. The minimum Gasteiger partial charge on any atom is -0.497 e. The van der Waals surface area contributed by atoms with Crippen LogP contribution >= 0.6 is 0 Å². The summed E-state index contributed by atoms with van der Waals surface area (Å²) in [5.41, 5.74) is 4.79. The van der Waals surface area contributed by atoms with Gasteiger partial charge in [-0.1, -0.05) is 18.9 Å². The van der Waals surface area contributed by atoms with E-state index in [1.165, 1.54) is 12.8 Å². The second-order valence-electron chi connectivity index (χ2n) is 10.2. The van der Waals surface area contributed by atoms with E-state index in [2.05, 4.69) is 22.5 Å². The molecule has 1 aliphatic carbocycles. The highest BCUT2D eigenvalue weighted by Gasteiger charge is 2.30. The molecule has 0 bridgehead atoms. The molecule has 1 atom stereocenters. The van der Waals surface area contributed by atoms with Crippen LogP contribution in [-0.4, -0.2) is 46.9 Å². The third kappa shape index (κ3) is 5.01. The molecule has 192 valence electrons. The maximum Gasteiger partial charge on any atom is 0.247 e. The Bertz CT molecular complexity index is 1420. The summed E-state index contributed by atoms with van der Waals surface area (Å²) >= 11 is 0. The van der Waals surface area contributed by atoms with Crippen LogP contribution in [0.2, 0.25) is 0 Å². The summed E-state index contributed by atoms with van der Waals surface area (Å²) < 4.78 is 12.8. The third-order valence-corrected chi connectivity index (χ3v) is 7.23. The molecule has 8 heteroatoms. The molecule has 1 amide bonds. The highest BCUT2D eigenvalue weighted by Crippen LogP contribution is 2.42. The number of hydrogen-bond acceptors (Lipinski definition) is 6. The van der Waals surface area contributed by atoms with Crippen LogP contribution in [0.25, 0.3) is 22.2 Å². The normalized spacial score (nSPS) is 14.4. The first kappa shape index (κ1) is 24.7. The summed E-state index contributed by atoms with van der Waals surface area (Å²) in [5.74, 6) is 2.21. The first-order chi connectivity index (χ1) is 17.8. The number of amides is 1. The van der Waals surface area contributed by atoms with Crippen molar-refractivity contribution in [3.8, 4) is 22.6 Å². The van der Waals surface area contributed by atoms with Crippen LogP contribution in [0, 0.1) is 5.92 Å². The van der Waals surface area contributed by atoms with Gasteiger partial charge in [0.25, 0.3) is 0 Å². The lowest BCUT2D eigenvalue weighted by Crippen LogP contribution is -2.43. The standard InChI is InChI=1S/C29H33N5O3/c1-29(2,28(35)30-3)34-17-21(15-32-34)19-8-9-25-26(13-19)33-27(16-31-25)24(10-18-6-7-18)20-11-22(36-4)14-23(12-20)37-5/h8-9,11-18,24H,6-7,10H2,1-5H3,(H,30,35). The lowest BCUT2D eigenvalue weighted by atomic mass is 9.90. The van der Waals surface area contributed by atoms with Gasteiger partial charge in [0.05, 0.1) is 37.1 Å². The number of aromatic nitrogens is 4. The second kappa shape index (κ2) is 9.84. The Morgan fingerprint density at radius 3 is 2.43 bits per heavy atom. The van der Waals surface area contributed by atoms with Gasteiger partial charge in [0.15, 0.2) is 0 Å². The molecule has 5 rings (SSSR count). The summed E-state index contributed by atoms with van der Waals surface area (Å²) in [6.45, 7) is 3.68. The van der Waals surface area contributed by atoms with Crippen LogP contribution < -0.4 is 14.8 Å². The van der Waals surface area contributed by atoms with Crippen molar-refractivity contribution >= 4 is 16.9 Å². The molecule has 1 unspecified atom stereocenters. The number of ether oxygens (including phenoxy) is 2. The van der Waals surface area contributed by atoms with Gasteiger partial charge in [-0.05, 0) is 61.6 Å². The van der Waals surface area contributed by atoms with Crippen LogP contribution in [-0.2, 0) is 10.3 Å². The molecular weight excluding hydrogens is 466 g/mol. The first-order valence-electron chi connectivity index (χ1n) is 12.6. The Hall–Kier alpha value is -3.94. The summed E-state index contributed by atoms with van der Waals surface area (Å²) in [6.07, 6.45) is 9.08. The molecule has 4 aromatic rings. The minimum absolute atomic E-state index is 0.0909. The van der Waals surface area contributed by atoms with Crippen LogP contribution in [0.5, 0.6) is 11.5 Å². The van der Waals surface area contributed by atoms with Crippen LogP contribution in [0.4, 0.5) is 0 Å². The number of likely N-dealkylation sites (N-methyl/N-ethyl adjacent to an activating group) is 1. The van der Waals surface area contributed by atoms with Crippen LogP contribution in [0.15, 0.2) is 55.0 Å². The van der Waals surface area contributed by atoms with E-state index in [-0.39, 0.29) is 11.8 Å². The van der Waals surface area contributed by atoms with E-state index in [1.807, 2.05) is 50.5 Å². The fourth-order valence-electron chi connectivity index (χ4n) is 4.71. The van der Waals surface area contributed by atoms with Gasteiger partial charge >= 0.3 is 0 Å². The zero-order valence-corrected chi connectivity index (χ0v) is 22.0. The molecule has 0 radical (unpaired) electrons. The average Bonchev–Trinajstić information content (AvgIpc) is 3.61. The molecule has 1 saturated carbocycles. The largest absolute Gasteiger partial charge is 0.497 e. The van der Waals surface area contributed by atoms with Crippen molar-refractivity contribution in [2.24, 2.45) is 5.92 Å². The Morgan fingerprint density at radius 1 is 1.05 bits per heavy atom. The third-order valence-electron chi connectivity index (χ3n) is 7.23. The SMILES string of the molecule is CNC(=O)C(C)(C)n1cc(-c2ccc3ncc(C(CC4CC4)c4cc(OC)cc(OC)c4)nc3c2)cn1. The summed E-state index contributed by atoms with van der Waals surface area (Å²) in [4.78, 5) is 22.2. The topological polar surface area (TPSA) is 91.2 Å². The zero-order chi connectivity index (χ0) is 26.2. The van der Waals surface area contributed by atoms with Gasteiger partial charge in [0.1, 0.15) is 17.0 Å². The number of rotatable bonds is 9. The lowest BCUT2D eigenvalue weighted by molar-refractivity contribution is -0.128. The summed E-state index contributed by atoms with van der Waals surface area (Å²) in [7, 11) is 4.97. The van der Waals surface area contributed by atoms with Gasteiger partial charge in [-0.3, -0.25) is 14.5 Å². The van der Waals surface area contributed by atoms with E-state index in [4.69, 9.17) is 19.4 Å². The molecule has 1 N–H and O–H groups in total. The average molecular weight is 500 g/mol. The molecule has 8 nitrogen and oxygen atoms in total. The van der Waals surface area contributed by atoms with E-state index in [1.54, 1.807) is 32.1 Å². The number of nitrogens with one attached hydrogen (secondary N) is 1. The first-order valence-corrected chi connectivity index (χ1v) is 12.6. The van der Waals surface area contributed by atoms with Gasteiger partial charge in [-0.25, -0.2) is 4.98 Å². The quantitative estimate of drug-likeness (QED) is 0.351. The molecular formula is C29H33N5O3. The van der Waals surface area contributed by atoms with Crippen molar-refractivity contribution < 1.29 is 14.3 Å². The van der Waals surface area contributed by atoms with Gasteiger partial charge in [0.2, 0.25) is 5.91 Å². The van der Waals surface area contributed by atoms with Crippen molar-refractivity contribution in [3.63, 3.8) is 0 Å². The maximum absolute atomic E-state index is 12.3. The van der Waals surface area contributed by atoms with Gasteiger partial charge in [-0.15, -0.1) is 0 Å². The van der Waals surface area contributed by atoms with E-state index >= 15 is 0 Å². The van der Waals surface area contributed by atoms with Crippen LogP contribution in [0.3, 0.4) is 0 Å². The molecule has 0 spiro atoms. The molecule has 37 heavy (non-hydrogen) atoms. The summed E-state index contributed by atoms with van der Waals surface area (Å²) in [6, 6.07) is 12.1. The van der Waals surface area contributed by atoms with Crippen molar-refractivity contribution in [3.05, 3.63) is 66.2 Å². The Morgan fingerprint density at radius 2 is 1.78 bits per heavy atom. The molecule has 2 aromatic carbocycles.